The van der Waals surface area contributed by atoms with Crippen LogP contribution in [0, 0.1) is 0 Å². The van der Waals surface area contributed by atoms with Crippen LogP contribution >= 0.6 is 11.3 Å². The molecule has 1 N–H and O–H groups in total. The molecule has 0 amide bonds. The quantitative estimate of drug-likeness (QED) is 0.938. The third-order valence-electron chi connectivity index (χ3n) is 3.61. The van der Waals surface area contributed by atoms with Crippen molar-refractivity contribution in [3.63, 3.8) is 0 Å². The predicted octanol–water partition coefficient (Wildman–Crippen LogP) is 2.76. The van der Waals surface area contributed by atoms with Crippen molar-refractivity contribution in [1.82, 2.24) is 9.97 Å². The minimum absolute atomic E-state index is 0.0940. The van der Waals surface area contributed by atoms with Crippen LogP contribution in [0.3, 0.4) is 0 Å². The molecule has 3 heterocycles. The van der Waals surface area contributed by atoms with E-state index in [1.165, 1.54) is 0 Å². The van der Waals surface area contributed by atoms with Gasteiger partial charge in [0.25, 0.3) is 0 Å². The molecule has 0 spiro atoms. The van der Waals surface area contributed by atoms with Gasteiger partial charge in [0.15, 0.2) is 11.6 Å². The molecule has 3 rings (SSSR count). The summed E-state index contributed by atoms with van der Waals surface area (Å²) in [4.78, 5) is 27.5. The second-order valence-corrected chi connectivity index (χ2v) is 6.34. The molecule has 0 saturated heterocycles. The number of carboxylic acids is 1. The average Bonchev–Trinajstić information content (AvgIpc) is 3.13. The number of rotatable bonds is 4. The number of anilines is 1. The lowest BCUT2D eigenvalue weighted by molar-refractivity contribution is -0.129. The number of aromatic nitrogens is 2. The normalized spacial score (nSPS) is 13.2. The minimum Gasteiger partial charge on any atom is -0.477 e. The molecule has 0 unspecified atom stereocenters. The summed E-state index contributed by atoms with van der Waals surface area (Å²) in [6, 6.07) is 4.20. The molecular formula is C15H16N4O2S. The van der Waals surface area contributed by atoms with Crippen molar-refractivity contribution in [3.8, 4) is 10.6 Å². The summed E-state index contributed by atoms with van der Waals surface area (Å²) in [6.07, 6.45) is 0.224. The molecule has 22 heavy (non-hydrogen) atoms. The fourth-order valence-electron chi connectivity index (χ4n) is 2.18. The Hall–Kier alpha value is -2.28. The zero-order valence-electron chi connectivity index (χ0n) is 12.6. The molecular weight excluding hydrogens is 300 g/mol. The molecule has 2 aromatic rings. The van der Waals surface area contributed by atoms with Gasteiger partial charge in [-0.1, -0.05) is 6.07 Å². The summed E-state index contributed by atoms with van der Waals surface area (Å²) in [7, 11) is 1.96. The Labute approximate surface area is 132 Å². The highest BCUT2D eigenvalue weighted by molar-refractivity contribution is 7.13. The van der Waals surface area contributed by atoms with E-state index in [0.29, 0.717) is 11.5 Å². The van der Waals surface area contributed by atoms with Gasteiger partial charge in [-0.25, -0.2) is 19.8 Å². The summed E-state index contributed by atoms with van der Waals surface area (Å²) >= 11 is 1.58. The van der Waals surface area contributed by atoms with Crippen LogP contribution in [0.2, 0.25) is 0 Å². The molecule has 0 fully saturated rings. The van der Waals surface area contributed by atoms with Crippen molar-refractivity contribution in [1.29, 1.82) is 0 Å². The summed E-state index contributed by atoms with van der Waals surface area (Å²) in [5.41, 5.74) is 1.47. The van der Waals surface area contributed by atoms with E-state index < -0.39 is 5.97 Å². The third kappa shape index (κ3) is 2.48. The summed E-state index contributed by atoms with van der Waals surface area (Å²) < 4.78 is 0. The fraction of sp³-hybridized carbons (Fsp3) is 0.333. The molecule has 1 aliphatic heterocycles. The molecule has 0 atom stereocenters. The van der Waals surface area contributed by atoms with E-state index in [4.69, 9.17) is 5.11 Å². The van der Waals surface area contributed by atoms with Crippen LogP contribution in [0.5, 0.6) is 0 Å². The lowest BCUT2D eigenvalue weighted by Crippen LogP contribution is -2.27. The summed E-state index contributed by atoms with van der Waals surface area (Å²) in [5, 5.41) is 11.1. The van der Waals surface area contributed by atoms with Crippen LogP contribution in [0.25, 0.3) is 10.6 Å². The number of hydrogen-bond acceptors (Lipinski definition) is 6. The number of aliphatic carboxylic acids is 1. The highest BCUT2D eigenvalue weighted by Crippen LogP contribution is 2.35. The van der Waals surface area contributed by atoms with Crippen LogP contribution in [0.1, 0.15) is 19.5 Å². The number of carboxylic acid groups (broad SMARTS) is 1. The highest BCUT2D eigenvalue weighted by atomic mass is 32.1. The number of carbonyl (C=O) groups is 1. The number of aliphatic imine (C=N–C) groups is 1. The Morgan fingerprint density at radius 1 is 1.41 bits per heavy atom. The van der Waals surface area contributed by atoms with Gasteiger partial charge in [0.05, 0.1) is 10.6 Å². The van der Waals surface area contributed by atoms with Crippen LogP contribution in [0.4, 0.5) is 11.6 Å². The van der Waals surface area contributed by atoms with Crippen LogP contribution in [0.15, 0.2) is 22.5 Å². The second-order valence-electron chi connectivity index (χ2n) is 5.39. The molecule has 6 nitrogen and oxygen atoms in total. The van der Waals surface area contributed by atoms with E-state index in [-0.39, 0.29) is 18.2 Å². The fourth-order valence-corrected chi connectivity index (χ4v) is 2.89. The third-order valence-corrected chi connectivity index (χ3v) is 4.49. The first kappa shape index (κ1) is 14.6. The van der Waals surface area contributed by atoms with Crippen LogP contribution < -0.4 is 4.90 Å². The first-order valence-electron chi connectivity index (χ1n) is 6.96. The lowest BCUT2D eigenvalue weighted by atomic mass is 10.2. The van der Waals surface area contributed by atoms with Crippen molar-refractivity contribution in [2.45, 2.75) is 26.3 Å². The largest absolute Gasteiger partial charge is 0.477 e. The monoisotopic (exact) mass is 316 g/mol. The number of hydrogen-bond donors (Lipinski definition) is 1. The summed E-state index contributed by atoms with van der Waals surface area (Å²) in [5.74, 6) is 0.163. The molecule has 1 aliphatic rings. The first-order chi connectivity index (χ1) is 10.5. The van der Waals surface area contributed by atoms with Crippen molar-refractivity contribution in [2.75, 3.05) is 11.9 Å². The molecule has 7 heteroatoms. The van der Waals surface area contributed by atoms with Crippen molar-refractivity contribution < 1.29 is 9.90 Å². The molecule has 0 aliphatic carbocycles. The van der Waals surface area contributed by atoms with Gasteiger partial charge in [0.2, 0.25) is 0 Å². The smallest absolute Gasteiger partial charge is 0.350 e. The average molecular weight is 316 g/mol. The lowest BCUT2D eigenvalue weighted by Gasteiger charge is -2.24. The van der Waals surface area contributed by atoms with Gasteiger partial charge in [-0.15, -0.1) is 11.3 Å². The molecule has 2 aromatic heterocycles. The van der Waals surface area contributed by atoms with Gasteiger partial charge in [-0.2, -0.15) is 0 Å². The molecule has 0 bridgehead atoms. The Morgan fingerprint density at radius 2 is 2.18 bits per heavy atom. The van der Waals surface area contributed by atoms with Gasteiger partial charge < -0.3 is 10.0 Å². The first-order valence-corrected chi connectivity index (χ1v) is 7.84. The number of thiophene rings is 1. The topological polar surface area (TPSA) is 78.7 Å². The Kier molecular flexibility index (Phi) is 3.66. The molecule has 0 saturated carbocycles. The van der Waals surface area contributed by atoms with E-state index in [2.05, 4.69) is 28.8 Å². The maximum Gasteiger partial charge on any atom is 0.350 e. The zero-order chi connectivity index (χ0) is 15.9. The van der Waals surface area contributed by atoms with E-state index in [0.717, 1.165) is 16.4 Å². The number of fused-ring (bicyclic) bond motifs is 1. The summed E-state index contributed by atoms with van der Waals surface area (Å²) in [6.45, 7) is 4.15. The van der Waals surface area contributed by atoms with E-state index in [1.807, 2.05) is 29.5 Å². The number of nitrogens with zero attached hydrogens (tertiary/aromatic N) is 4. The molecule has 0 radical (unpaired) electrons. The van der Waals surface area contributed by atoms with Crippen LogP contribution in [-0.2, 0) is 11.2 Å². The van der Waals surface area contributed by atoms with Crippen LogP contribution in [-0.4, -0.2) is 39.8 Å². The van der Waals surface area contributed by atoms with Gasteiger partial charge in [0.1, 0.15) is 11.4 Å². The standard InChI is InChI=1S/C15H16N4O2S/c1-8(2)19(3)14-12(11-5-4-6-22-11)18-13-9(17-14)7-10(16-13)15(20)21/h4-6,8H,7H2,1-3H3,(H,20,21). The van der Waals surface area contributed by atoms with Gasteiger partial charge >= 0.3 is 5.97 Å². The Balaban J connectivity index is 2.14. The maximum atomic E-state index is 11.1. The van der Waals surface area contributed by atoms with E-state index >= 15 is 0 Å². The molecule has 0 aromatic carbocycles. The zero-order valence-corrected chi connectivity index (χ0v) is 13.4. The van der Waals surface area contributed by atoms with Gasteiger partial charge in [-0.3, -0.25) is 0 Å². The highest BCUT2D eigenvalue weighted by Gasteiger charge is 2.26. The van der Waals surface area contributed by atoms with Gasteiger partial charge in [0, 0.05) is 19.5 Å². The SMILES string of the molecule is CC(C)N(C)c1nc2c(nc1-c1cccs1)N=C(C(=O)O)C2. The second kappa shape index (κ2) is 5.49. The Bertz CT molecular complexity index is 753. The maximum absolute atomic E-state index is 11.1. The van der Waals surface area contributed by atoms with E-state index in [9.17, 15) is 4.79 Å². The van der Waals surface area contributed by atoms with Gasteiger partial charge in [-0.05, 0) is 25.3 Å². The van der Waals surface area contributed by atoms with Crippen molar-refractivity contribution in [3.05, 3.63) is 23.2 Å². The molecule has 114 valence electrons. The predicted molar refractivity (Wildman–Crippen MR) is 87.3 cm³/mol. The van der Waals surface area contributed by atoms with Crippen molar-refractivity contribution >= 4 is 34.7 Å². The Morgan fingerprint density at radius 3 is 2.77 bits per heavy atom. The minimum atomic E-state index is -1.02. The van der Waals surface area contributed by atoms with Crippen molar-refractivity contribution in [2.24, 2.45) is 4.99 Å². The van der Waals surface area contributed by atoms with E-state index in [1.54, 1.807) is 11.3 Å².